The van der Waals surface area contributed by atoms with Gasteiger partial charge in [-0.15, -0.1) is 11.3 Å². The minimum atomic E-state index is -0.247. The molecular weight excluding hydrogens is 342 g/mol. The fourth-order valence-electron chi connectivity index (χ4n) is 2.02. The predicted molar refractivity (Wildman–Crippen MR) is 100.0 cm³/mol. The number of para-hydroxylation sites is 1. The predicted octanol–water partition coefficient (Wildman–Crippen LogP) is 5.85. The number of halogens is 1. The summed E-state index contributed by atoms with van der Waals surface area (Å²) in [6, 6.07) is 18.4. The van der Waals surface area contributed by atoms with Crippen molar-refractivity contribution in [1.82, 2.24) is 0 Å². The van der Waals surface area contributed by atoms with Gasteiger partial charge in [0, 0.05) is 16.0 Å². The normalized spacial score (nSPS) is 10.7. The molecule has 0 spiro atoms. The molecule has 0 aliphatic heterocycles. The maximum Gasteiger partial charge on any atom is 0.248 e. The van der Waals surface area contributed by atoms with E-state index in [4.69, 9.17) is 16.3 Å². The van der Waals surface area contributed by atoms with Crippen LogP contribution < -0.4 is 10.1 Å². The Bertz CT molecular complexity index is 845. The lowest BCUT2D eigenvalue weighted by Gasteiger charge is -2.12. The third-order valence-corrected chi connectivity index (χ3v) is 4.19. The summed E-state index contributed by atoms with van der Waals surface area (Å²) < 4.78 is 5.82. The Morgan fingerprint density at radius 2 is 1.92 bits per heavy atom. The molecule has 0 bridgehead atoms. The van der Waals surface area contributed by atoms with Gasteiger partial charge >= 0.3 is 0 Å². The number of hydrogen-bond acceptors (Lipinski definition) is 3. The molecule has 3 rings (SSSR count). The van der Waals surface area contributed by atoms with Gasteiger partial charge in [-0.2, -0.15) is 0 Å². The van der Waals surface area contributed by atoms with Crippen LogP contribution in [0.4, 0.5) is 5.69 Å². The number of anilines is 1. The largest absolute Gasteiger partial charge is 0.455 e. The number of carbonyl (C=O) groups is 1. The van der Waals surface area contributed by atoms with E-state index in [0.29, 0.717) is 22.2 Å². The molecule has 1 heterocycles. The fraction of sp³-hybridized carbons (Fsp3) is 0. The van der Waals surface area contributed by atoms with Crippen LogP contribution in [-0.4, -0.2) is 5.91 Å². The van der Waals surface area contributed by atoms with Crippen LogP contribution in [0.5, 0.6) is 11.5 Å². The molecule has 2 aromatic carbocycles. The first-order chi connectivity index (χ1) is 11.7. The van der Waals surface area contributed by atoms with Crippen LogP contribution in [0.15, 0.2) is 72.1 Å². The highest BCUT2D eigenvalue weighted by Crippen LogP contribution is 2.32. The van der Waals surface area contributed by atoms with Crippen LogP contribution in [0.1, 0.15) is 4.88 Å². The van der Waals surface area contributed by atoms with Gasteiger partial charge in [0.15, 0.2) is 5.75 Å². The molecule has 1 amide bonds. The van der Waals surface area contributed by atoms with E-state index in [0.717, 1.165) is 4.88 Å². The summed E-state index contributed by atoms with van der Waals surface area (Å²) in [5, 5.41) is 5.28. The van der Waals surface area contributed by atoms with Gasteiger partial charge < -0.3 is 10.1 Å². The van der Waals surface area contributed by atoms with Gasteiger partial charge in [0.25, 0.3) is 0 Å². The quantitative estimate of drug-likeness (QED) is 0.583. The van der Waals surface area contributed by atoms with E-state index in [1.54, 1.807) is 35.6 Å². The maximum absolute atomic E-state index is 12.1. The van der Waals surface area contributed by atoms with E-state index in [1.807, 2.05) is 47.8 Å². The molecule has 24 heavy (non-hydrogen) atoms. The van der Waals surface area contributed by atoms with Crippen molar-refractivity contribution < 1.29 is 9.53 Å². The first-order valence-electron chi connectivity index (χ1n) is 7.26. The van der Waals surface area contributed by atoms with Crippen molar-refractivity contribution >= 4 is 40.6 Å². The maximum atomic E-state index is 12.1. The average molecular weight is 356 g/mol. The lowest BCUT2D eigenvalue weighted by molar-refractivity contribution is -0.111. The molecule has 0 aliphatic carbocycles. The van der Waals surface area contributed by atoms with Crippen LogP contribution in [0, 0.1) is 0 Å². The lowest BCUT2D eigenvalue weighted by Crippen LogP contribution is -2.08. The molecule has 0 radical (unpaired) electrons. The molecule has 3 nitrogen and oxygen atoms in total. The fourth-order valence-corrected chi connectivity index (χ4v) is 2.81. The molecule has 0 saturated heterocycles. The van der Waals surface area contributed by atoms with Crippen LogP contribution in [0.2, 0.25) is 5.02 Å². The molecule has 120 valence electrons. The van der Waals surface area contributed by atoms with Gasteiger partial charge in [-0.25, -0.2) is 0 Å². The summed E-state index contributed by atoms with van der Waals surface area (Å²) in [5.74, 6) is 0.969. The molecule has 0 fully saturated rings. The van der Waals surface area contributed by atoms with Crippen LogP contribution in [0.25, 0.3) is 6.08 Å². The average Bonchev–Trinajstić information content (AvgIpc) is 3.10. The summed E-state index contributed by atoms with van der Waals surface area (Å²) >= 11 is 7.60. The zero-order valence-electron chi connectivity index (χ0n) is 12.6. The van der Waals surface area contributed by atoms with Crippen molar-refractivity contribution in [2.45, 2.75) is 0 Å². The number of ether oxygens (including phenoxy) is 1. The highest BCUT2D eigenvalue weighted by atomic mass is 35.5. The zero-order valence-corrected chi connectivity index (χ0v) is 14.2. The molecule has 0 unspecified atom stereocenters. The van der Waals surface area contributed by atoms with Gasteiger partial charge in [-0.3, -0.25) is 4.79 Å². The Morgan fingerprint density at radius 1 is 1.08 bits per heavy atom. The number of thiophene rings is 1. The Kier molecular flexibility index (Phi) is 5.31. The molecule has 5 heteroatoms. The Labute approximate surface area is 149 Å². The third-order valence-electron chi connectivity index (χ3n) is 3.11. The minimum absolute atomic E-state index is 0.247. The summed E-state index contributed by atoms with van der Waals surface area (Å²) in [6.07, 6.45) is 3.25. The van der Waals surface area contributed by atoms with Crippen molar-refractivity contribution in [2.75, 3.05) is 5.32 Å². The lowest BCUT2D eigenvalue weighted by atomic mass is 10.2. The highest BCUT2D eigenvalue weighted by Gasteiger charge is 2.08. The smallest absolute Gasteiger partial charge is 0.248 e. The monoisotopic (exact) mass is 355 g/mol. The van der Waals surface area contributed by atoms with E-state index < -0.39 is 0 Å². The minimum Gasteiger partial charge on any atom is -0.455 e. The van der Waals surface area contributed by atoms with Crippen molar-refractivity contribution in [3.05, 3.63) is 82.0 Å². The molecule has 3 aromatic rings. The van der Waals surface area contributed by atoms with E-state index in [9.17, 15) is 4.79 Å². The Balaban J connectivity index is 1.76. The number of nitrogens with one attached hydrogen (secondary N) is 1. The summed E-state index contributed by atoms with van der Waals surface area (Å²) in [5.41, 5.74) is 0.521. The van der Waals surface area contributed by atoms with Crippen molar-refractivity contribution in [3.8, 4) is 11.5 Å². The zero-order chi connectivity index (χ0) is 16.8. The number of rotatable bonds is 5. The second-order valence-electron chi connectivity index (χ2n) is 4.89. The number of benzene rings is 2. The molecule has 0 aliphatic rings. The summed E-state index contributed by atoms with van der Waals surface area (Å²) in [4.78, 5) is 13.1. The van der Waals surface area contributed by atoms with E-state index in [-0.39, 0.29) is 5.91 Å². The van der Waals surface area contributed by atoms with Gasteiger partial charge in [0.1, 0.15) is 5.75 Å². The molecule has 0 atom stereocenters. The summed E-state index contributed by atoms with van der Waals surface area (Å²) in [7, 11) is 0. The molecular formula is C19H14ClNO2S. The van der Waals surface area contributed by atoms with Crippen LogP contribution in [-0.2, 0) is 4.79 Å². The molecule has 0 saturated carbocycles. The SMILES string of the molecule is O=C(C=Cc1cccs1)Nc1cc(Cl)ccc1Oc1ccccc1. The second kappa shape index (κ2) is 7.81. The van der Waals surface area contributed by atoms with Gasteiger partial charge in [-0.05, 0) is 47.9 Å². The number of amides is 1. The van der Waals surface area contributed by atoms with Gasteiger partial charge in [-0.1, -0.05) is 35.9 Å². The molecule has 1 aromatic heterocycles. The first-order valence-corrected chi connectivity index (χ1v) is 8.51. The van der Waals surface area contributed by atoms with E-state index in [1.165, 1.54) is 6.08 Å². The van der Waals surface area contributed by atoms with Crippen molar-refractivity contribution in [2.24, 2.45) is 0 Å². The first kappa shape index (κ1) is 16.3. The van der Waals surface area contributed by atoms with E-state index >= 15 is 0 Å². The number of carbonyl (C=O) groups excluding carboxylic acids is 1. The van der Waals surface area contributed by atoms with Gasteiger partial charge in [0.05, 0.1) is 5.69 Å². The van der Waals surface area contributed by atoms with Crippen molar-refractivity contribution in [1.29, 1.82) is 0 Å². The van der Waals surface area contributed by atoms with Crippen molar-refractivity contribution in [3.63, 3.8) is 0 Å². The van der Waals surface area contributed by atoms with Crippen LogP contribution in [0.3, 0.4) is 0 Å². The van der Waals surface area contributed by atoms with Gasteiger partial charge in [0.2, 0.25) is 5.91 Å². The van der Waals surface area contributed by atoms with E-state index in [2.05, 4.69) is 5.32 Å². The molecule has 1 N–H and O–H groups in total. The second-order valence-corrected chi connectivity index (χ2v) is 6.31. The summed E-state index contributed by atoms with van der Waals surface area (Å²) in [6.45, 7) is 0. The Hall–Kier alpha value is -2.56. The number of hydrogen-bond donors (Lipinski definition) is 1. The third kappa shape index (κ3) is 4.47. The standard InChI is InChI=1S/C19H14ClNO2S/c20-14-8-10-18(23-15-5-2-1-3-6-15)17(13-14)21-19(22)11-9-16-7-4-12-24-16/h1-13H,(H,21,22). The topological polar surface area (TPSA) is 38.3 Å². The highest BCUT2D eigenvalue weighted by molar-refractivity contribution is 7.10. The Morgan fingerprint density at radius 3 is 2.67 bits per heavy atom. The van der Waals surface area contributed by atoms with Crippen LogP contribution >= 0.6 is 22.9 Å².